The number of carbonyl (C=O) groups excluding carboxylic acids is 2. The van der Waals surface area contributed by atoms with Crippen LogP contribution >= 0.6 is 0 Å². The molecule has 1 unspecified atom stereocenters. The van der Waals surface area contributed by atoms with Crippen molar-refractivity contribution in [2.75, 3.05) is 18.4 Å². The molecule has 2 aromatic rings. The Bertz CT molecular complexity index is 897. The highest BCUT2D eigenvalue weighted by Gasteiger charge is 2.28. The van der Waals surface area contributed by atoms with Crippen LogP contribution in [0.25, 0.3) is 11.1 Å². The third kappa shape index (κ3) is 2.74. The van der Waals surface area contributed by atoms with Crippen molar-refractivity contribution in [3.8, 4) is 17.2 Å². The van der Waals surface area contributed by atoms with Gasteiger partial charge in [-0.3, -0.25) is 4.79 Å². The molecule has 25 heavy (non-hydrogen) atoms. The van der Waals surface area contributed by atoms with Gasteiger partial charge in [0.15, 0.2) is 0 Å². The third-order valence-corrected chi connectivity index (χ3v) is 4.68. The Morgan fingerprint density at radius 1 is 1.48 bits per heavy atom. The number of nitrogens with zero attached hydrogens (tertiary/aromatic N) is 5. The molecule has 0 aliphatic carbocycles. The van der Waals surface area contributed by atoms with Crippen LogP contribution in [0, 0.1) is 17.2 Å². The molecule has 4 heterocycles. The number of hydrogen-bond acceptors (Lipinski definition) is 5. The fraction of sp³-hybridized carbons (Fsp3) is 0.353. The normalized spacial score (nSPS) is 18.8. The Labute approximate surface area is 144 Å². The van der Waals surface area contributed by atoms with Gasteiger partial charge >= 0.3 is 6.03 Å². The molecule has 126 valence electrons. The summed E-state index contributed by atoms with van der Waals surface area (Å²) in [4.78, 5) is 30.1. The molecule has 2 aromatic heterocycles. The monoisotopic (exact) mass is 336 g/mol. The van der Waals surface area contributed by atoms with E-state index in [4.69, 9.17) is 5.26 Å². The first kappa shape index (κ1) is 15.3. The van der Waals surface area contributed by atoms with Gasteiger partial charge in [-0.2, -0.15) is 15.0 Å². The largest absolute Gasteiger partial charge is 0.344 e. The lowest BCUT2D eigenvalue weighted by molar-refractivity contribution is -0.115. The minimum atomic E-state index is -0.188. The average Bonchev–Trinajstić information content (AvgIpc) is 3.32. The van der Waals surface area contributed by atoms with Gasteiger partial charge in [0, 0.05) is 43.0 Å². The predicted molar refractivity (Wildman–Crippen MR) is 88.5 cm³/mol. The molecule has 0 spiro atoms. The van der Waals surface area contributed by atoms with Crippen LogP contribution in [0.1, 0.15) is 18.4 Å². The zero-order chi connectivity index (χ0) is 17.4. The topological polar surface area (TPSA) is 104 Å². The molecule has 2 aliphatic heterocycles. The Morgan fingerprint density at radius 2 is 2.36 bits per heavy atom. The van der Waals surface area contributed by atoms with Gasteiger partial charge in [0.2, 0.25) is 5.91 Å². The molecule has 0 aromatic carbocycles. The number of amides is 2. The number of likely N-dealkylation sites (tertiary alicyclic amines) is 1. The summed E-state index contributed by atoms with van der Waals surface area (Å²) >= 11 is 0. The van der Waals surface area contributed by atoms with E-state index in [2.05, 4.69) is 21.5 Å². The number of rotatable bonds is 2. The zero-order valence-electron chi connectivity index (χ0n) is 13.5. The molecule has 0 saturated carbocycles. The molecule has 2 aliphatic rings. The van der Waals surface area contributed by atoms with Crippen molar-refractivity contribution in [3.63, 3.8) is 0 Å². The van der Waals surface area contributed by atoms with E-state index in [1.165, 1.54) is 4.68 Å². The summed E-state index contributed by atoms with van der Waals surface area (Å²) in [5, 5.41) is 15.7. The number of hydrogen-bond donors (Lipinski definition) is 1. The first-order valence-electron chi connectivity index (χ1n) is 8.14. The lowest BCUT2D eigenvalue weighted by Crippen LogP contribution is -2.33. The quantitative estimate of drug-likeness (QED) is 0.898. The van der Waals surface area contributed by atoms with E-state index in [9.17, 15) is 9.59 Å². The molecule has 2 amide bonds. The molecule has 1 atom stereocenters. The highest BCUT2D eigenvalue weighted by Crippen LogP contribution is 2.31. The molecular formula is C17H16N6O2. The Morgan fingerprint density at radius 3 is 3.20 bits per heavy atom. The molecule has 8 heteroatoms. The van der Waals surface area contributed by atoms with E-state index >= 15 is 0 Å². The minimum Gasteiger partial charge on any atom is -0.323 e. The Kier molecular flexibility index (Phi) is 3.69. The minimum absolute atomic E-state index is 0.0842. The lowest BCUT2D eigenvalue weighted by Gasteiger charge is -2.15. The van der Waals surface area contributed by atoms with Crippen molar-refractivity contribution < 1.29 is 9.59 Å². The maximum Gasteiger partial charge on any atom is 0.344 e. The van der Waals surface area contributed by atoms with Crippen molar-refractivity contribution in [1.29, 1.82) is 5.26 Å². The molecule has 1 fully saturated rings. The summed E-state index contributed by atoms with van der Waals surface area (Å²) in [6, 6.07) is 3.80. The van der Waals surface area contributed by atoms with E-state index in [-0.39, 0.29) is 24.3 Å². The lowest BCUT2D eigenvalue weighted by atomic mass is 10.0. The van der Waals surface area contributed by atoms with Crippen LogP contribution in [0.4, 0.5) is 10.6 Å². The van der Waals surface area contributed by atoms with Crippen molar-refractivity contribution in [1.82, 2.24) is 19.7 Å². The van der Waals surface area contributed by atoms with Gasteiger partial charge in [0.05, 0.1) is 18.7 Å². The number of fused-ring (bicyclic) bond motifs is 1. The first-order valence-corrected chi connectivity index (χ1v) is 8.14. The van der Waals surface area contributed by atoms with Crippen LogP contribution in [0.2, 0.25) is 0 Å². The number of pyridine rings is 1. The number of anilines is 1. The van der Waals surface area contributed by atoms with Crippen LogP contribution in [0.3, 0.4) is 0 Å². The van der Waals surface area contributed by atoms with Crippen LogP contribution in [0.5, 0.6) is 0 Å². The second-order valence-electron chi connectivity index (χ2n) is 6.33. The molecule has 1 saturated heterocycles. The number of carbonyl (C=O) groups is 2. The fourth-order valence-corrected chi connectivity index (χ4v) is 3.40. The number of nitriles is 1. The summed E-state index contributed by atoms with van der Waals surface area (Å²) in [7, 11) is 0. The van der Waals surface area contributed by atoms with Crippen LogP contribution in [-0.2, 0) is 11.2 Å². The van der Waals surface area contributed by atoms with Gasteiger partial charge in [-0.15, -0.1) is 0 Å². The van der Waals surface area contributed by atoms with E-state index in [0.29, 0.717) is 25.3 Å². The second-order valence-corrected chi connectivity index (χ2v) is 6.33. The first-order chi connectivity index (χ1) is 12.2. The molecule has 0 bridgehead atoms. The highest BCUT2D eigenvalue weighted by atomic mass is 16.2. The summed E-state index contributed by atoms with van der Waals surface area (Å²) in [5.41, 5.74) is 2.46. The highest BCUT2D eigenvalue weighted by molar-refractivity contribution is 6.00. The maximum absolute atomic E-state index is 12.6. The third-order valence-electron chi connectivity index (χ3n) is 4.68. The van der Waals surface area contributed by atoms with Crippen LogP contribution in [0.15, 0.2) is 24.7 Å². The van der Waals surface area contributed by atoms with E-state index < -0.39 is 0 Å². The summed E-state index contributed by atoms with van der Waals surface area (Å²) in [6.07, 6.45) is 6.53. The Balaban J connectivity index is 1.56. The SMILES string of the molecule is N#CCC1CCN(C(=O)n2cc(-c3ccnc4c3CC(=O)N4)cn2)C1. The summed E-state index contributed by atoms with van der Waals surface area (Å²) < 4.78 is 1.32. The van der Waals surface area contributed by atoms with Crippen molar-refractivity contribution in [2.45, 2.75) is 19.3 Å². The molecule has 1 N–H and O–H groups in total. The van der Waals surface area contributed by atoms with Gasteiger partial charge in [-0.05, 0) is 24.0 Å². The van der Waals surface area contributed by atoms with Crippen LogP contribution in [-0.4, -0.2) is 44.7 Å². The smallest absolute Gasteiger partial charge is 0.323 e. The molecule has 0 radical (unpaired) electrons. The van der Waals surface area contributed by atoms with Gasteiger partial charge in [0.25, 0.3) is 0 Å². The molecule has 4 rings (SSSR count). The number of nitrogens with one attached hydrogen (secondary N) is 1. The van der Waals surface area contributed by atoms with Gasteiger partial charge in [-0.1, -0.05) is 0 Å². The maximum atomic E-state index is 12.6. The fourth-order valence-electron chi connectivity index (χ4n) is 3.40. The molecular weight excluding hydrogens is 320 g/mol. The average molecular weight is 336 g/mol. The van der Waals surface area contributed by atoms with Gasteiger partial charge in [0.1, 0.15) is 5.82 Å². The van der Waals surface area contributed by atoms with Crippen LogP contribution < -0.4 is 5.32 Å². The Hall–Kier alpha value is -3.21. The molecule has 8 nitrogen and oxygen atoms in total. The van der Waals surface area contributed by atoms with Crippen molar-refractivity contribution >= 4 is 17.8 Å². The van der Waals surface area contributed by atoms with E-state index in [1.807, 2.05) is 6.07 Å². The predicted octanol–water partition coefficient (Wildman–Crippen LogP) is 1.64. The number of aromatic nitrogens is 3. The van der Waals surface area contributed by atoms with Crippen molar-refractivity contribution in [3.05, 3.63) is 30.2 Å². The van der Waals surface area contributed by atoms with E-state index in [0.717, 1.165) is 23.1 Å². The summed E-state index contributed by atoms with van der Waals surface area (Å²) in [6.45, 7) is 1.23. The van der Waals surface area contributed by atoms with Crippen molar-refractivity contribution in [2.24, 2.45) is 5.92 Å². The zero-order valence-corrected chi connectivity index (χ0v) is 13.5. The van der Waals surface area contributed by atoms with Gasteiger partial charge < -0.3 is 10.2 Å². The summed E-state index contributed by atoms with van der Waals surface area (Å²) in [5.74, 6) is 0.726. The van der Waals surface area contributed by atoms with E-state index in [1.54, 1.807) is 23.5 Å². The second kappa shape index (κ2) is 6.02. The standard InChI is InChI=1S/C17H16N6O2/c18-4-1-11-3-6-22(9-11)17(25)23-10-12(8-20-23)13-2-5-19-16-14(13)7-15(24)21-16/h2,5,8,10-11H,1,3,6-7,9H2,(H,19,21,24). The van der Waals surface area contributed by atoms with Gasteiger partial charge in [-0.25, -0.2) is 9.78 Å².